The van der Waals surface area contributed by atoms with Gasteiger partial charge < -0.3 is 15.7 Å². The summed E-state index contributed by atoms with van der Waals surface area (Å²) in [5.74, 6) is -3.66. The van der Waals surface area contributed by atoms with E-state index in [1.807, 2.05) is 0 Å². The molecule has 1 saturated carbocycles. The van der Waals surface area contributed by atoms with E-state index in [0.717, 1.165) is 63.8 Å². The lowest BCUT2D eigenvalue weighted by Gasteiger charge is -2.43. The average molecular weight is 482 g/mol. The number of anilines is 1. The van der Waals surface area contributed by atoms with Crippen LogP contribution in [0.1, 0.15) is 50.0 Å². The molecule has 1 amide bonds. The van der Waals surface area contributed by atoms with Crippen LogP contribution in [-0.2, 0) is 14.4 Å². The molecule has 0 bridgehead atoms. The standard InChI is InChI=1S/C23H29Cl2N3O4/c1-27(18-6-2-3-7-19(18)28-10-4-5-11-28)23(32)22(20(29)8-9-21(30)31)14-12-15(24)16(25)13-17(14)26/h8-9,12-13,18-19,22H,2-7,10-11,26H2,1H3,(H,30,31)/b9-8+/t18-,19-,22?/m0/s1. The van der Waals surface area contributed by atoms with Crippen molar-refractivity contribution >= 4 is 46.5 Å². The summed E-state index contributed by atoms with van der Waals surface area (Å²) in [7, 11) is 1.72. The highest BCUT2D eigenvalue weighted by molar-refractivity contribution is 6.42. The van der Waals surface area contributed by atoms with Crippen LogP contribution in [-0.4, -0.2) is 64.8 Å². The fourth-order valence-corrected chi connectivity index (χ4v) is 5.24. The molecule has 174 valence electrons. The van der Waals surface area contributed by atoms with E-state index in [1.54, 1.807) is 11.9 Å². The minimum atomic E-state index is -1.30. The van der Waals surface area contributed by atoms with Gasteiger partial charge in [0.25, 0.3) is 0 Å². The van der Waals surface area contributed by atoms with Crippen LogP contribution in [0.15, 0.2) is 24.3 Å². The number of hydrogen-bond donors (Lipinski definition) is 2. The predicted molar refractivity (Wildman–Crippen MR) is 125 cm³/mol. The van der Waals surface area contributed by atoms with Crippen molar-refractivity contribution < 1.29 is 19.5 Å². The van der Waals surface area contributed by atoms with Crippen molar-refractivity contribution in [2.45, 2.75) is 56.5 Å². The van der Waals surface area contributed by atoms with E-state index in [-0.39, 0.29) is 33.4 Å². The highest BCUT2D eigenvalue weighted by atomic mass is 35.5. The first-order valence-corrected chi connectivity index (χ1v) is 11.7. The first-order chi connectivity index (χ1) is 15.2. The minimum Gasteiger partial charge on any atom is -0.478 e. The van der Waals surface area contributed by atoms with Crippen molar-refractivity contribution in [1.82, 2.24) is 9.80 Å². The number of amides is 1. The Bertz CT molecular complexity index is 915. The van der Waals surface area contributed by atoms with Crippen molar-refractivity contribution in [3.63, 3.8) is 0 Å². The van der Waals surface area contributed by atoms with Gasteiger partial charge in [-0.25, -0.2) is 4.79 Å². The fraction of sp³-hybridized carbons (Fsp3) is 0.522. The minimum absolute atomic E-state index is 0.0305. The third-order valence-corrected chi connectivity index (χ3v) is 7.23. The number of likely N-dealkylation sites (N-methyl/N-ethyl adjacent to an activating group) is 1. The second-order valence-corrected chi connectivity index (χ2v) is 9.33. The molecule has 2 aliphatic rings. The summed E-state index contributed by atoms with van der Waals surface area (Å²) in [4.78, 5) is 41.8. The molecule has 3 atom stereocenters. The summed E-state index contributed by atoms with van der Waals surface area (Å²) in [6.07, 6.45) is 7.93. The van der Waals surface area contributed by atoms with E-state index in [0.29, 0.717) is 0 Å². The molecule has 32 heavy (non-hydrogen) atoms. The van der Waals surface area contributed by atoms with E-state index in [1.165, 1.54) is 12.1 Å². The number of nitrogens with two attached hydrogens (primary N) is 1. The number of benzene rings is 1. The van der Waals surface area contributed by atoms with Gasteiger partial charge in [-0.1, -0.05) is 36.0 Å². The van der Waals surface area contributed by atoms with E-state index in [9.17, 15) is 14.4 Å². The average Bonchev–Trinajstić information content (AvgIpc) is 3.30. The van der Waals surface area contributed by atoms with E-state index < -0.39 is 23.6 Å². The molecule has 1 aliphatic carbocycles. The molecule has 3 N–H and O–H groups in total. The second-order valence-electron chi connectivity index (χ2n) is 8.51. The fourth-order valence-electron chi connectivity index (χ4n) is 4.89. The zero-order chi connectivity index (χ0) is 23.4. The maximum Gasteiger partial charge on any atom is 0.328 e. The van der Waals surface area contributed by atoms with Crippen molar-refractivity contribution in [2.75, 3.05) is 25.9 Å². The van der Waals surface area contributed by atoms with E-state index in [4.69, 9.17) is 34.0 Å². The smallest absolute Gasteiger partial charge is 0.328 e. The zero-order valence-electron chi connectivity index (χ0n) is 18.1. The lowest BCUT2D eigenvalue weighted by atomic mass is 9.86. The summed E-state index contributed by atoms with van der Waals surface area (Å²) in [6, 6.07) is 3.04. The third kappa shape index (κ3) is 5.45. The molecule has 0 aromatic heterocycles. The van der Waals surface area contributed by atoms with E-state index >= 15 is 0 Å². The number of ketones is 1. The topological polar surface area (TPSA) is 104 Å². The first kappa shape index (κ1) is 24.6. The molecule has 7 nitrogen and oxygen atoms in total. The number of carbonyl (C=O) groups is 3. The largest absolute Gasteiger partial charge is 0.478 e. The summed E-state index contributed by atoms with van der Waals surface area (Å²) in [6.45, 7) is 2.04. The third-order valence-electron chi connectivity index (χ3n) is 6.51. The SMILES string of the molecule is CN(C(=O)C(C(=O)/C=C/C(=O)O)c1cc(Cl)c(Cl)cc1N)[C@H]1CCCC[C@@H]1N1CCCC1. The number of nitrogen functional groups attached to an aromatic ring is 1. The number of carbonyl (C=O) groups excluding carboxylic acids is 2. The predicted octanol–water partition coefficient (Wildman–Crippen LogP) is 3.73. The van der Waals surface area contributed by atoms with Crippen LogP contribution in [0.3, 0.4) is 0 Å². The number of hydrogen-bond acceptors (Lipinski definition) is 5. The summed E-state index contributed by atoms with van der Waals surface area (Å²) in [5, 5.41) is 9.33. The van der Waals surface area contributed by atoms with Gasteiger partial charge in [0.15, 0.2) is 5.78 Å². The maximum atomic E-state index is 13.7. The van der Waals surface area contributed by atoms with Gasteiger partial charge in [0, 0.05) is 30.9 Å². The maximum absolute atomic E-state index is 13.7. The number of rotatable bonds is 7. The first-order valence-electron chi connectivity index (χ1n) is 10.9. The van der Waals surface area contributed by atoms with Crippen molar-refractivity contribution in [3.8, 4) is 0 Å². The molecule has 1 saturated heterocycles. The van der Waals surface area contributed by atoms with Crippen molar-refractivity contribution in [2.24, 2.45) is 0 Å². The van der Waals surface area contributed by atoms with Gasteiger partial charge in [0.05, 0.1) is 10.0 Å². The van der Waals surface area contributed by atoms with Crippen LogP contribution in [0.25, 0.3) is 0 Å². The van der Waals surface area contributed by atoms with Crippen LogP contribution in [0.5, 0.6) is 0 Å². The van der Waals surface area contributed by atoms with Crippen LogP contribution in [0.2, 0.25) is 10.0 Å². The lowest BCUT2D eigenvalue weighted by molar-refractivity contribution is -0.139. The second kappa shape index (κ2) is 10.7. The Morgan fingerprint density at radius 3 is 2.38 bits per heavy atom. The molecule has 1 heterocycles. The molecule has 1 aliphatic heterocycles. The Hall–Kier alpha value is -2.09. The molecule has 0 radical (unpaired) electrons. The van der Waals surface area contributed by atoms with Crippen molar-refractivity contribution in [1.29, 1.82) is 0 Å². The van der Waals surface area contributed by atoms with Gasteiger partial charge in [-0.3, -0.25) is 14.5 Å². The molecule has 3 rings (SSSR count). The van der Waals surface area contributed by atoms with Gasteiger partial charge in [-0.05, 0) is 62.5 Å². The zero-order valence-corrected chi connectivity index (χ0v) is 19.6. The molecule has 1 unspecified atom stereocenters. The van der Waals surface area contributed by atoms with E-state index in [2.05, 4.69) is 4.90 Å². The van der Waals surface area contributed by atoms with Crippen molar-refractivity contribution in [3.05, 3.63) is 39.9 Å². The lowest BCUT2D eigenvalue weighted by Crippen LogP contribution is -2.54. The highest BCUT2D eigenvalue weighted by Crippen LogP contribution is 2.35. The van der Waals surface area contributed by atoms with Gasteiger partial charge in [-0.15, -0.1) is 0 Å². The van der Waals surface area contributed by atoms with Gasteiger partial charge in [0.2, 0.25) is 5.91 Å². The summed E-state index contributed by atoms with van der Waals surface area (Å²) in [5.41, 5.74) is 6.50. The number of aliphatic carboxylic acids is 1. The number of allylic oxidation sites excluding steroid dienone is 1. The molecule has 1 aromatic carbocycles. The van der Waals surface area contributed by atoms with Gasteiger partial charge >= 0.3 is 5.97 Å². The Morgan fingerprint density at radius 2 is 1.72 bits per heavy atom. The van der Waals surface area contributed by atoms with Crippen LogP contribution in [0, 0.1) is 0 Å². The number of nitrogens with zero attached hydrogens (tertiary/aromatic N) is 2. The molecule has 2 fully saturated rings. The molecular weight excluding hydrogens is 453 g/mol. The quantitative estimate of drug-likeness (QED) is 0.349. The Balaban J connectivity index is 1.96. The number of carboxylic acids is 1. The van der Waals surface area contributed by atoms with Gasteiger partial charge in [-0.2, -0.15) is 0 Å². The number of carboxylic acid groups (broad SMARTS) is 1. The number of likely N-dealkylation sites (tertiary alicyclic amines) is 1. The molecular formula is C23H29Cl2N3O4. The van der Waals surface area contributed by atoms with Gasteiger partial charge in [0.1, 0.15) is 5.92 Å². The number of halogens is 2. The summed E-state index contributed by atoms with van der Waals surface area (Å²) < 4.78 is 0. The normalized spacial score (nSPS) is 22.7. The highest BCUT2D eigenvalue weighted by Gasteiger charge is 2.39. The van der Waals surface area contributed by atoms with Crippen LogP contribution >= 0.6 is 23.2 Å². The Labute approximate surface area is 198 Å². The van der Waals surface area contributed by atoms with Crippen LogP contribution in [0.4, 0.5) is 5.69 Å². The monoisotopic (exact) mass is 481 g/mol. The molecule has 1 aromatic rings. The Kier molecular flexibility index (Phi) is 8.20. The summed E-state index contributed by atoms with van der Waals surface area (Å²) >= 11 is 12.2. The molecule has 9 heteroatoms. The Morgan fingerprint density at radius 1 is 1.09 bits per heavy atom. The van der Waals surface area contributed by atoms with Crippen LogP contribution < -0.4 is 5.73 Å². The molecule has 0 spiro atoms.